The standard InChI is InChI=1S/C15H19NOS/c16-13-8-10-6-7-14(17)12(10)9-15(13)18-11-4-2-1-3-5-11/h8-9,11H,1-7,16H2. The maximum atomic E-state index is 11.8. The fourth-order valence-corrected chi connectivity index (χ4v) is 4.27. The van der Waals surface area contributed by atoms with Gasteiger partial charge in [-0.3, -0.25) is 4.79 Å². The van der Waals surface area contributed by atoms with E-state index in [1.165, 1.54) is 32.1 Å². The van der Waals surface area contributed by atoms with Crippen molar-refractivity contribution in [2.24, 2.45) is 0 Å². The van der Waals surface area contributed by atoms with Gasteiger partial charge in [0.1, 0.15) is 0 Å². The molecule has 2 aliphatic carbocycles. The van der Waals surface area contributed by atoms with Crippen molar-refractivity contribution in [3.05, 3.63) is 23.3 Å². The highest BCUT2D eigenvalue weighted by Crippen LogP contribution is 2.38. The molecule has 2 N–H and O–H groups in total. The Balaban J connectivity index is 1.83. The quantitative estimate of drug-likeness (QED) is 0.823. The topological polar surface area (TPSA) is 43.1 Å². The first-order valence-corrected chi connectivity index (χ1v) is 7.74. The molecule has 3 heteroatoms. The zero-order chi connectivity index (χ0) is 12.5. The molecule has 2 aliphatic rings. The third-order valence-corrected chi connectivity index (χ3v) is 5.42. The molecule has 0 saturated heterocycles. The second-order valence-electron chi connectivity index (χ2n) is 5.35. The number of rotatable bonds is 2. The van der Waals surface area contributed by atoms with Crippen molar-refractivity contribution >= 4 is 23.2 Å². The molecule has 0 radical (unpaired) electrons. The lowest BCUT2D eigenvalue weighted by atomic mass is 10.0. The van der Waals surface area contributed by atoms with E-state index in [9.17, 15) is 4.79 Å². The lowest BCUT2D eigenvalue weighted by molar-refractivity contribution is 0.0994. The summed E-state index contributed by atoms with van der Waals surface area (Å²) in [6, 6.07) is 4.06. The third kappa shape index (κ3) is 2.28. The number of fused-ring (bicyclic) bond motifs is 1. The first kappa shape index (κ1) is 12.1. The van der Waals surface area contributed by atoms with Gasteiger partial charge in [-0.05, 0) is 37.0 Å². The minimum absolute atomic E-state index is 0.287. The van der Waals surface area contributed by atoms with Crippen LogP contribution in [0.15, 0.2) is 17.0 Å². The molecule has 0 heterocycles. The number of anilines is 1. The summed E-state index contributed by atoms with van der Waals surface area (Å²) in [6.45, 7) is 0. The maximum absolute atomic E-state index is 11.8. The van der Waals surface area contributed by atoms with Gasteiger partial charge in [0, 0.05) is 27.8 Å². The molecule has 1 aromatic carbocycles. The summed E-state index contributed by atoms with van der Waals surface area (Å²) in [7, 11) is 0. The molecule has 0 amide bonds. The third-order valence-electron chi connectivity index (χ3n) is 4.00. The van der Waals surface area contributed by atoms with Crippen LogP contribution in [0.4, 0.5) is 5.69 Å². The SMILES string of the molecule is Nc1cc2c(cc1SC1CCCCC1)C(=O)CC2. The maximum Gasteiger partial charge on any atom is 0.163 e. The molecule has 0 bridgehead atoms. The lowest BCUT2D eigenvalue weighted by Gasteiger charge is -2.22. The molecule has 18 heavy (non-hydrogen) atoms. The molecule has 0 aliphatic heterocycles. The van der Waals surface area contributed by atoms with Crippen LogP contribution in [0.3, 0.4) is 0 Å². The van der Waals surface area contributed by atoms with E-state index in [0.717, 1.165) is 28.1 Å². The number of thioether (sulfide) groups is 1. The van der Waals surface area contributed by atoms with Crippen LogP contribution in [-0.2, 0) is 6.42 Å². The molecule has 1 saturated carbocycles. The molecular formula is C15H19NOS. The van der Waals surface area contributed by atoms with Crippen molar-refractivity contribution in [2.45, 2.75) is 55.1 Å². The molecular weight excluding hydrogens is 242 g/mol. The van der Waals surface area contributed by atoms with E-state index < -0.39 is 0 Å². The predicted octanol–water partition coefficient (Wildman–Crippen LogP) is 3.82. The molecule has 96 valence electrons. The molecule has 2 nitrogen and oxygen atoms in total. The van der Waals surface area contributed by atoms with Crippen LogP contribution in [0, 0.1) is 0 Å². The Hall–Kier alpha value is -0.960. The number of Topliss-reactive ketones (excluding diaryl/α,β-unsaturated/α-hetero) is 1. The van der Waals surface area contributed by atoms with E-state index in [1.807, 2.05) is 23.9 Å². The van der Waals surface area contributed by atoms with Crippen molar-refractivity contribution in [1.29, 1.82) is 0 Å². The highest BCUT2D eigenvalue weighted by atomic mass is 32.2. The van der Waals surface area contributed by atoms with Crippen LogP contribution in [0.2, 0.25) is 0 Å². The molecule has 1 fully saturated rings. The number of aryl methyl sites for hydroxylation is 1. The Kier molecular flexibility index (Phi) is 3.33. The Morgan fingerprint density at radius 1 is 1.11 bits per heavy atom. The summed E-state index contributed by atoms with van der Waals surface area (Å²) in [6.07, 6.45) is 8.14. The summed E-state index contributed by atoms with van der Waals surface area (Å²) in [4.78, 5) is 12.9. The largest absolute Gasteiger partial charge is 0.398 e. The average Bonchev–Trinajstić information content (AvgIpc) is 2.73. The number of hydrogen-bond donors (Lipinski definition) is 1. The van der Waals surface area contributed by atoms with Crippen LogP contribution in [0.25, 0.3) is 0 Å². The smallest absolute Gasteiger partial charge is 0.163 e. The second-order valence-corrected chi connectivity index (χ2v) is 6.69. The van der Waals surface area contributed by atoms with Crippen molar-refractivity contribution < 1.29 is 4.79 Å². The Bertz CT molecular complexity index is 478. The van der Waals surface area contributed by atoms with Crippen molar-refractivity contribution in [2.75, 3.05) is 5.73 Å². The van der Waals surface area contributed by atoms with Crippen molar-refractivity contribution in [3.63, 3.8) is 0 Å². The number of ketones is 1. The van der Waals surface area contributed by atoms with Gasteiger partial charge in [0.2, 0.25) is 0 Å². The van der Waals surface area contributed by atoms with E-state index >= 15 is 0 Å². The number of nitrogen functional groups attached to an aromatic ring is 1. The normalized spacial score (nSPS) is 20.1. The fraction of sp³-hybridized carbons (Fsp3) is 0.533. The number of carbonyl (C=O) groups excluding carboxylic acids is 1. The summed E-state index contributed by atoms with van der Waals surface area (Å²) in [5.41, 5.74) is 9.05. The summed E-state index contributed by atoms with van der Waals surface area (Å²) >= 11 is 1.88. The Labute approximate surface area is 112 Å². The van der Waals surface area contributed by atoms with Gasteiger partial charge in [-0.25, -0.2) is 0 Å². The van der Waals surface area contributed by atoms with E-state index in [-0.39, 0.29) is 5.78 Å². The molecule has 3 rings (SSSR count). The molecule has 0 atom stereocenters. The first-order chi connectivity index (χ1) is 8.74. The van der Waals surface area contributed by atoms with E-state index in [2.05, 4.69) is 0 Å². The number of carbonyl (C=O) groups is 1. The van der Waals surface area contributed by atoms with Gasteiger partial charge < -0.3 is 5.73 Å². The Morgan fingerprint density at radius 3 is 2.67 bits per heavy atom. The summed E-state index contributed by atoms with van der Waals surface area (Å²) < 4.78 is 0. The van der Waals surface area contributed by atoms with Gasteiger partial charge in [-0.1, -0.05) is 19.3 Å². The van der Waals surface area contributed by atoms with Crippen LogP contribution in [-0.4, -0.2) is 11.0 Å². The minimum Gasteiger partial charge on any atom is -0.398 e. The highest BCUT2D eigenvalue weighted by molar-refractivity contribution is 8.00. The summed E-state index contributed by atoms with van der Waals surface area (Å²) in [5.74, 6) is 0.287. The van der Waals surface area contributed by atoms with Gasteiger partial charge >= 0.3 is 0 Å². The van der Waals surface area contributed by atoms with Gasteiger partial charge in [0.15, 0.2) is 5.78 Å². The van der Waals surface area contributed by atoms with Crippen molar-refractivity contribution in [3.8, 4) is 0 Å². The highest BCUT2D eigenvalue weighted by Gasteiger charge is 2.23. The zero-order valence-electron chi connectivity index (χ0n) is 10.6. The average molecular weight is 261 g/mol. The summed E-state index contributed by atoms with van der Waals surface area (Å²) in [5, 5.41) is 0.690. The number of nitrogens with two attached hydrogens (primary N) is 1. The van der Waals surface area contributed by atoms with Crippen LogP contribution in [0.5, 0.6) is 0 Å². The van der Waals surface area contributed by atoms with Crippen molar-refractivity contribution in [1.82, 2.24) is 0 Å². The van der Waals surface area contributed by atoms with E-state index in [4.69, 9.17) is 5.73 Å². The van der Waals surface area contributed by atoms with Gasteiger partial charge in [0.25, 0.3) is 0 Å². The lowest BCUT2D eigenvalue weighted by Crippen LogP contribution is -2.08. The molecule has 0 aromatic heterocycles. The van der Waals surface area contributed by atoms with Crippen LogP contribution < -0.4 is 5.73 Å². The fourth-order valence-electron chi connectivity index (χ4n) is 2.96. The van der Waals surface area contributed by atoms with E-state index in [1.54, 1.807) is 0 Å². The first-order valence-electron chi connectivity index (χ1n) is 6.86. The van der Waals surface area contributed by atoms with Gasteiger partial charge in [0.05, 0.1) is 0 Å². The molecule has 1 aromatic rings. The minimum atomic E-state index is 0.287. The number of benzene rings is 1. The van der Waals surface area contributed by atoms with E-state index in [0.29, 0.717) is 11.7 Å². The molecule has 0 unspecified atom stereocenters. The van der Waals surface area contributed by atoms with Gasteiger partial charge in [-0.15, -0.1) is 11.8 Å². The monoisotopic (exact) mass is 261 g/mol. The van der Waals surface area contributed by atoms with Crippen LogP contribution in [0.1, 0.15) is 54.4 Å². The second kappa shape index (κ2) is 4.96. The number of hydrogen-bond acceptors (Lipinski definition) is 3. The predicted molar refractivity (Wildman–Crippen MR) is 76.2 cm³/mol. The van der Waals surface area contributed by atoms with Gasteiger partial charge in [-0.2, -0.15) is 0 Å². The van der Waals surface area contributed by atoms with Crippen LogP contribution >= 0.6 is 11.8 Å². The Morgan fingerprint density at radius 2 is 1.89 bits per heavy atom. The molecule has 0 spiro atoms. The zero-order valence-corrected chi connectivity index (χ0v) is 11.4.